The molecule has 90 valence electrons. The molecule has 1 aliphatic rings. The highest BCUT2D eigenvalue weighted by Crippen LogP contribution is 2.19. The maximum atomic E-state index is 12.2. The van der Waals surface area contributed by atoms with Crippen LogP contribution in [0.4, 0.5) is 5.95 Å². The monoisotopic (exact) mass is 232 g/mol. The Labute approximate surface area is 100 Å². The maximum absolute atomic E-state index is 12.2. The first-order chi connectivity index (χ1) is 7.95. The molecule has 5 nitrogen and oxygen atoms in total. The van der Waals surface area contributed by atoms with Gasteiger partial charge in [-0.25, -0.2) is 0 Å². The minimum atomic E-state index is -0.286. The summed E-state index contributed by atoms with van der Waals surface area (Å²) in [4.78, 5) is 14.1. The topological polar surface area (TPSA) is 51.0 Å². The fourth-order valence-electron chi connectivity index (χ4n) is 1.90. The Morgan fingerprint density at radius 3 is 2.65 bits per heavy atom. The molecule has 0 aliphatic carbocycles. The summed E-state index contributed by atoms with van der Waals surface area (Å²) in [6.07, 6.45) is 5.28. The number of rotatable bonds is 1. The van der Waals surface area contributed by atoms with Gasteiger partial charge in [-0.15, -0.1) is 16.6 Å². The number of terminal acetylenes is 1. The third-order valence-electron chi connectivity index (χ3n) is 2.80. The maximum Gasteiger partial charge on any atom is 0.277 e. The van der Waals surface area contributed by atoms with E-state index in [4.69, 9.17) is 6.42 Å². The van der Waals surface area contributed by atoms with Crippen LogP contribution < -0.4 is 10.5 Å². The summed E-state index contributed by atoms with van der Waals surface area (Å²) in [5, 5.41) is 8.19. The van der Waals surface area contributed by atoms with Gasteiger partial charge in [-0.2, -0.15) is 0 Å². The lowest BCUT2D eigenvalue weighted by Gasteiger charge is -2.18. The standard InChI is InChI=1S/C12H16N4O/c1-5-6-15-7-8-16-10(17)9(12(2,3)4)13-14-11(15)16/h1H,6-8H2,2-4H3. The Balaban J connectivity index is 2.51. The third-order valence-corrected chi connectivity index (χ3v) is 2.80. The lowest BCUT2D eigenvalue weighted by atomic mass is 9.93. The molecule has 0 radical (unpaired) electrons. The molecule has 0 spiro atoms. The van der Waals surface area contributed by atoms with Crippen LogP contribution in [-0.2, 0) is 12.0 Å². The first kappa shape index (κ1) is 11.6. The summed E-state index contributed by atoms with van der Waals surface area (Å²) >= 11 is 0. The van der Waals surface area contributed by atoms with Gasteiger partial charge in [-0.3, -0.25) is 9.36 Å². The molecule has 2 heterocycles. The van der Waals surface area contributed by atoms with E-state index in [9.17, 15) is 4.79 Å². The van der Waals surface area contributed by atoms with Gasteiger partial charge in [0, 0.05) is 18.5 Å². The Hall–Kier alpha value is -1.83. The van der Waals surface area contributed by atoms with Crippen LogP contribution in [0.25, 0.3) is 0 Å². The quantitative estimate of drug-likeness (QED) is 0.657. The summed E-state index contributed by atoms with van der Waals surface area (Å²) in [6, 6.07) is 0. The van der Waals surface area contributed by atoms with Crippen molar-refractivity contribution in [1.82, 2.24) is 14.8 Å². The molecule has 0 aromatic carbocycles. The van der Waals surface area contributed by atoms with Crippen molar-refractivity contribution in [2.24, 2.45) is 0 Å². The van der Waals surface area contributed by atoms with Gasteiger partial charge >= 0.3 is 0 Å². The van der Waals surface area contributed by atoms with Gasteiger partial charge in [0.15, 0.2) is 0 Å². The number of anilines is 1. The van der Waals surface area contributed by atoms with E-state index >= 15 is 0 Å². The Bertz CT molecular complexity index is 533. The van der Waals surface area contributed by atoms with E-state index in [1.54, 1.807) is 4.57 Å². The molecule has 0 saturated carbocycles. The van der Waals surface area contributed by atoms with Crippen molar-refractivity contribution in [3.63, 3.8) is 0 Å². The fourth-order valence-corrected chi connectivity index (χ4v) is 1.90. The zero-order chi connectivity index (χ0) is 12.6. The zero-order valence-corrected chi connectivity index (χ0v) is 10.4. The van der Waals surface area contributed by atoms with E-state index in [1.165, 1.54) is 0 Å². The van der Waals surface area contributed by atoms with E-state index in [-0.39, 0.29) is 11.0 Å². The van der Waals surface area contributed by atoms with Crippen LogP contribution in [0.15, 0.2) is 4.79 Å². The minimum Gasteiger partial charge on any atom is -0.328 e. The second-order valence-corrected chi connectivity index (χ2v) is 5.18. The molecule has 1 aromatic heterocycles. The van der Waals surface area contributed by atoms with Gasteiger partial charge in [-0.05, 0) is 0 Å². The molecule has 0 fully saturated rings. The van der Waals surface area contributed by atoms with Gasteiger partial charge in [0.1, 0.15) is 5.69 Å². The first-order valence-electron chi connectivity index (χ1n) is 5.61. The predicted octanol–water partition coefficient (Wildman–Crippen LogP) is 0.389. The number of hydrogen-bond donors (Lipinski definition) is 0. The van der Waals surface area contributed by atoms with E-state index in [0.717, 1.165) is 6.54 Å². The molecule has 0 N–H and O–H groups in total. The second-order valence-electron chi connectivity index (χ2n) is 5.18. The van der Waals surface area contributed by atoms with Gasteiger partial charge < -0.3 is 4.90 Å². The highest BCUT2D eigenvalue weighted by Gasteiger charge is 2.27. The zero-order valence-electron chi connectivity index (χ0n) is 10.4. The van der Waals surface area contributed by atoms with Gasteiger partial charge in [-0.1, -0.05) is 26.7 Å². The Morgan fingerprint density at radius 2 is 2.06 bits per heavy atom. The molecular weight excluding hydrogens is 216 g/mol. The normalized spacial score (nSPS) is 14.6. The van der Waals surface area contributed by atoms with Crippen molar-refractivity contribution >= 4 is 5.95 Å². The second kappa shape index (κ2) is 3.88. The highest BCUT2D eigenvalue weighted by molar-refractivity contribution is 5.36. The van der Waals surface area contributed by atoms with Crippen LogP contribution >= 0.6 is 0 Å². The Morgan fingerprint density at radius 1 is 1.35 bits per heavy atom. The average molecular weight is 232 g/mol. The SMILES string of the molecule is C#CCN1CCn2c1nnc(C(C)(C)C)c2=O. The summed E-state index contributed by atoms with van der Waals surface area (Å²) in [5.74, 6) is 3.14. The van der Waals surface area contributed by atoms with Crippen LogP contribution in [0.1, 0.15) is 26.5 Å². The first-order valence-corrected chi connectivity index (χ1v) is 5.61. The molecule has 1 aromatic rings. The highest BCUT2D eigenvalue weighted by atomic mass is 16.1. The fraction of sp³-hybridized carbons (Fsp3) is 0.583. The van der Waals surface area contributed by atoms with Gasteiger partial charge in [0.25, 0.3) is 5.56 Å². The summed E-state index contributed by atoms with van der Waals surface area (Å²) in [5.41, 5.74) is 0.164. The lowest BCUT2D eigenvalue weighted by Crippen LogP contribution is -2.33. The Kier molecular flexibility index (Phi) is 2.66. The molecule has 0 amide bonds. The van der Waals surface area contributed by atoms with Gasteiger partial charge in [0.05, 0.1) is 6.54 Å². The van der Waals surface area contributed by atoms with Crippen LogP contribution in [0.2, 0.25) is 0 Å². The van der Waals surface area contributed by atoms with Crippen molar-refractivity contribution in [3.05, 3.63) is 16.0 Å². The molecule has 0 unspecified atom stereocenters. The van der Waals surface area contributed by atoms with E-state index in [1.807, 2.05) is 25.7 Å². The molecule has 5 heteroatoms. The van der Waals surface area contributed by atoms with Crippen LogP contribution in [0, 0.1) is 12.3 Å². The number of aromatic nitrogens is 3. The van der Waals surface area contributed by atoms with Crippen LogP contribution in [-0.4, -0.2) is 27.9 Å². The number of nitrogens with zero attached hydrogens (tertiary/aromatic N) is 4. The van der Waals surface area contributed by atoms with E-state index < -0.39 is 0 Å². The molecule has 17 heavy (non-hydrogen) atoms. The summed E-state index contributed by atoms with van der Waals surface area (Å²) in [6.45, 7) is 7.69. The van der Waals surface area contributed by atoms with Crippen molar-refractivity contribution in [1.29, 1.82) is 0 Å². The lowest BCUT2D eigenvalue weighted by molar-refractivity contribution is 0.533. The number of hydrogen-bond acceptors (Lipinski definition) is 4. The molecule has 2 rings (SSSR count). The van der Waals surface area contributed by atoms with E-state index in [2.05, 4.69) is 16.1 Å². The number of fused-ring (bicyclic) bond motifs is 1. The third kappa shape index (κ3) is 1.91. The van der Waals surface area contributed by atoms with Crippen molar-refractivity contribution in [2.75, 3.05) is 18.0 Å². The van der Waals surface area contributed by atoms with E-state index in [0.29, 0.717) is 24.7 Å². The van der Waals surface area contributed by atoms with Crippen LogP contribution in [0.5, 0.6) is 0 Å². The van der Waals surface area contributed by atoms with Crippen LogP contribution in [0.3, 0.4) is 0 Å². The smallest absolute Gasteiger partial charge is 0.277 e. The summed E-state index contributed by atoms with van der Waals surface area (Å²) in [7, 11) is 0. The molecule has 0 saturated heterocycles. The predicted molar refractivity (Wildman–Crippen MR) is 66.0 cm³/mol. The molecule has 0 atom stereocenters. The minimum absolute atomic E-state index is 0.0537. The van der Waals surface area contributed by atoms with Gasteiger partial charge in [0.2, 0.25) is 5.95 Å². The van der Waals surface area contributed by atoms with Crippen molar-refractivity contribution in [2.45, 2.75) is 32.7 Å². The summed E-state index contributed by atoms with van der Waals surface area (Å²) < 4.78 is 1.66. The molecule has 1 aliphatic heterocycles. The van der Waals surface area contributed by atoms with Crippen molar-refractivity contribution < 1.29 is 0 Å². The molecular formula is C12H16N4O. The molecule has 0 bridgehead atoms. The average Bonchev–Trinajstić information content (AvgIpc) is 2.62. The largest absolute Gasteiger partial charge is 0.328 e. The van der Waals surface area contributed by atoms with Crippen molar-refractivity contribution in [3.8, 4) is 12.3 Å².